The van der Waals surface area contributed by atoms with Gasteiger partial charge >= 0.3 is 1.43 Å². The zero-order valence-corrected chi connectivity index (χ0v) is 11.7. The summed E-state index contributed by atoms with van der Waals surface area (Å²) in [7, 11) is 0. The van der Waals surface area contributed by atoms with Crippen molar-refractivity contribution >= 4 is 0 Å². The Hall–Kier alpha value is 4.01. The third-order valence-electron chi connectivity index (χ3n) is 0. The second-order valence-corrected chi connectivity index (χ2v) is 0. The molecule has 5 heteroatoms. The molecule has 0 atom stereocenters. The summed E-state index contributed by atoms with van der Waals surface area (Å²) >= 11 is 0. The Kier molecular flexibility index (Phi) is 176. The fraction of sp³-hybridized carbons (Fsp3) is 0. The van der Waals surface area contributed by atoms with Crippen LogP contribution >= 0.6 is 0 Å². The third kappa shape index (κ3) is 18.0. The molecule has 0 aliphatic rings. The molecule has 0 bridgehead atoms. The van der Waals surface area contributed by atoms with Crippen LogP contribution in [0.1, 0.15) is 1.43 Å². The van der Waals surface area contributed by atoms with Gasteiger partial charge in [0.05, 0.1) is 0 Å². The van der Waals surface area contributed by atoms with Gasteiger partial charge < -0.3 is 0 Å². The molecule has 0 spiro atoms. The van der Waals surface area contributed by atoms with Crippen molar-refractivity contribution in [1.29, 1.82) is 0 Å². The average Bonchev–Trinajstić information content (AvgIpc) is 0. The van der Waals surface area contributed by atoms with Gasteiger partial charge in [-0.3, -0.25) is 0 Å². The normalized spacial score (nSPS) is 0. The summed E-state index contributed by atoms with van der Waals surface area (Å²) in [5.74, 6) is 0. The predicted octanol–water partition coefficient (Wildman–Crippen LogP) is 0.102. The monoisotopic (exact) mass is 390 g/mol. The summed E-state index contributed by atoms with van der Waals surface area (Å²) < 4.78 is 0. The van der Waals surface area contributed by atoms with Crippen molar-refractivity contribution < 1.29 is 125 Å². The van der Waals surface area contributed by atoms with Crippen LogP contribution in [0.4, 0.5) is 0 Å². The van der Waals surface area contributed by atoms with Crippen LogP contribution in [-0.4, -0.2) is 0 Å². The van der Waals surface area contributed by atoms with E-state index in [0.29, 0.717) is 0 Å². The standard InChI is InChI=1S/Ce.Fe.Mn.Ti.Zr/p+1. The molecule has 0 aromatic rings. The zero-order chi connectivity index (χ0) is 0. The molecule has 5 heavy (non-hydrogen) atoms. The van der Waals surface area contributed by atoms with Gasteiger partial charge in [0, 0.05) is 124 Å². The van der Waals surface area contributed by atoms with Crippen LogP contribution < -0.4 is 0 Å². The van der Waals surface area contributed by atoms with Crippen molar-refractivity contribution in [1.82, 2.24) is 0 Å². The molecular formula is HCeFeMnTiZr+. The van der Waals surface area contributed by atoms with Crippen molar-refractivity contribution in [2.75, 3.05) is 0 Å². The van der Waals surface area contributed by atoms with Gasteiger partial charge in [-0.1, -0.05) is 0 Å². The van der Waals surface area contributed by atoms with Crippen LogP contribution in [0.15, 0.2) is 0 Å². The van der Waals surface area contributed by atoms with Crippen molar-refractivity contribution in [3.63, 3.8) is 0 Å². The molecule has 0 nitrogen and oxygen atoms in total. The van der Waals surface area contributed by atoms with Gasteiger partial charge in [0.2, 0.25) is 0 Å². The number of hydrogen-bond donors (Lipinski definition) is 0. The smallest absolute Gasteiger partial charge is 0 e. The van der Waals surface area contributed by atoms with Gasteiger partial charge in [-0.15, -0.1) is 0 Å². The molecule has 0 saturated carbocycles. The molecular weight excluding hydrogens is 390 g/mol. The van der Waals surface area contributed by atoms with Gasteiger partial charge in [-0.05, 0) is 0 Å². The van der Waals surface area contributed by atoms with E-state index in [0.717, 1.165) is 0 Å². The molecule has 0 fully saturated rings. The quantitative estimate of drug-likeness (QED) is 0.515. The first kappa shape index (κ1) is 35.9. The first-order valence-corrected chi connectivity index (χ1v) is 0. The summed E-state index contributed by atoms with van der Waals surface area (Å²) in [5, 5.41) is 0. The fourth-order valence-corrected chi connectivity index (χ4v) is 0. The average molecular weight is 391 g/mol. The van der Waals surface area contributed by atoms with E-state index in [1.807, 2.05) is 0 Å². The van der Waals surface area contributed by atoms with Gasteiger partial charge in [-0.25, -0.2) is 0 Å². The molecule has 0 aliphatic heterocycles. The third-order valence-corrected chi connectivity index (χ3v) is 0. The van der Waals surface area contributed by atoms with Crippen LogP contribution in [-0.2, 0) is 82.1 Å². The molecule has 0 aromatic heterocycles. The zero-order valence-electron chi connectivity index (χ0n) is 3.23. The summed E-state index contributed by atoms with van der Waals surface area (Å²) in [6.45, 7) is 0. The Morgan fingerprint density at radius 3 is 1.20 bits per heavy atom. The minimum absolute atomic E-state index is 0. The topological polar surface area (TPSA) is 0 Å². The Balaban J connectivity index is 0. The molecule has 0 N–H and O–H groups in total. The van der Waals surface area contributed by atoms with Crippen LogP contribution in [0, 0.1) is 41.7 Å². The van der Waals surface area contributed by atoms with E-state index in [4.69, 9.17) is 0 Å². The first-order chi connectivity index (χ1) is 0. The summed E-state index contributed by atoms with van der Waals surface area (Å²) in [6, 6.07) is 0. The second kappa shape index (κ2) is 24.5. The largest absolute Gasteiger partial charge is 1.00 e. The van der Waals surface area contributed by atoms with Crippen molar-refractivity contribution in [2.24, 2.45) is 0 Å². The van der Waals surface area contributed by atoms with Crippen molar-refractivity contribution in [3.8, 4) is 0 Å². The van der Waals surface area contributed by atoms with E-state index in [-0.39, 0.29) is 125 Å². The first-order valence-electron chi connectivity index (χ1n) is 0. The van der Waals surface area contributed by atoms with E-state index < -0.39 is 0 Å². The van der Waals surface area contributed by atoms with Crippen LogP contribution in [0.5, 0.6) is 0 Å². The Labute approximate surface area is 122 Å². The fourth-order valence-electron chi connectivity index (χ4n) is 0. The van der Waals surface area contributed by atoms with Crippen molar-refractivity contribution in [3.05, 3.63) is 0 Å². The van der Waals surface area contributed by atoms with Crippen molar-refractivity contribution in [2.45, 2.75) is 0 Å². The number of rotatable bonds is 0. The maximum absolute atomic E-state index is 0. The summed E-state index contributed by atoms with van der Waals surface area (Å²) in [5.41, 5.74) is 0. The van der Waals surface area contributed by atoms with Crippen LogP contribution in [0.25, 0.3) is 0 Å². The minimum atomic E-state index is 0. The van der Waals surface area contributed by atoms with E-state index in [9.17, 15) is 0 Å². The van der Waals surface area contributed by atoms with Crippen LogP contribution in [0.2, 0.25) is 0 Å². The Morgan fingerprint density at radius 2 is 1.20 bits per heavy atom. The molecule has 0 saturated heterocycles. The SMILES string of the molecule is [Ce].[Fe].[H+].[Mn].[Ti].[Zr]. The Morgan fingerprint density at radius 1 is 1.20 bits per heavy atom. The molecule has 0 heterocycles. The Bertz CT molecular complexity index is 15.5. The molecule has 0 aliphatic carbocycles. The van der Waals surface area contributed by atoms with E-state index in [1.54, 1.807) is 0 Å². The van der Waals surface area contributed by atoms with E-state index in [2.05, 4.69) is 0 Å². The van der Waals surface area contributed by atoms with Gasteiger partial charge in [0.1, 0.15) is 0 Å². The molecule has 0 amide bonds. The molecule has 1 radical (unpaired) electrons. The number of hydrogen-bond acceptors (Lipinski definition) is 0. The maximum atomic E-state index is 0. The van der Waals surface area contributed by atoms with Crippen LogP contribution in [0.3, 0.4) is 0 Å². The van der Waals surface area contributed by atoms with Gasteiger partial charge in [0.25, 0.3) is 0 Å². The van der Waals surface area contributed by atoms with Gasteiger partial charge in [0.15, 0.2) is 0 Å². The molecule has 0 rings (SSSR count). The molecule has 0 unspecified atom stereocenters. The molecule has 27 valence electrons. The minimum Gasteiger partial charge on any atom is 0 e. The molecule has 0 aromatic carbocycles. The second-order valence-electron chi connectivity index (χ2n) is 0. The van der Waals surface area contributed by atoms with Gasteiger partial charge in [-0.2, -0.15) is 0 Å². The summed E-state index contributed by atoms with van der Waals surface area (Å²) in [4.78, 5) is 0. The maximum Gasteiger partial charge on any atom is 1.00 e. The van der Waals surface area contributed by atoms with E-state index in [1.165, 1.54) is 0 Å². The predicted molar refractivity (Wildman–Crippen MR) is 1.11 cm³/mol. The summed E-state index contributed by atoms with van der Waals surface area (Å²) in [6.07, 6.45) is 0. The van der Waals surface area contributed by atoms with E-state index >= 15 is 0 Å².